The van der Waals surface area contributed by atoms with Crippen LogP contribution < -0.4 is 15.0 Å². The molecular formula is C24H19ClN2O3. The largest absolute Gasteiger partial charge is 0.497 e. The van der Waals surface area contributed by atoms with E-state index in [1.54, 1.807) is 48.5 Å². The van der Waals surface area contributed by atoms with Crippen molar-refractivity contribution in [3.63, 3.8) is 0 Å². The molecule has 3 aromatic rings. The number of aryl methyl sites for hydroxylation is 1. The number of nitrogens with one attached hydrogen (secondary N) is 1. The lowest BCUT2D eigenvalue weighted by molar-refractivity contribution is -0.120. The summed E-state index contributed by atoms with van der Waals surface area (Å²) in [4.78, 5) is 27.9. The first-order chi connectivity index (χ1) is 14.5. The van der Waals surface area contributed by atoms with Crippen LogP contribution in [0.1, 0.15) is 11.1 Å². The van der Waals surface area contributed by atoms with Crippen LogP contribution >= 0.6 is 11.6 Å². The first-order valence-electron chi connectivity index (χ1n) is 9.34. The highest BCUT2D eigenvalue weighted by Gasteiger charge is 2.40. The molecule has 1 aliphatic rings. The zero-order chi connectivity index (χ0) is 21.3. The molecule has 4 rings (SSSR count). The van der Waals surface area contributed by atoms with Crippen molar-refractivity contribution in [3.05, 3.63) is 94.6 Å². The number of imide groups is 1. The lowest BCUT2D eigenvalue weighted by atomic mass is 10.0. The summed E-state index contributed by atoms with van der Waals surface area (Å²) >= 11 is 6.02. The van der Waals surface area contributed by atoms with Crippen LogP contribution in [0.5, 0.6) is 5.75 Å². The monoisotopic (exact) mass is 418 g/mol. The van der Waals surface area contributed by atoms with Gasteiger partial charge >= 0.3 is 0 Å². The van der Waals surface area contributed by atoms with Gasteiger partial charge in [0.15, 0.2) is 0 Å². The van der Waals surface area contributed by atoms with Gasteiger partial charge in [-0.15, -0.1) is 0 Å². The maximum absolute atomic E-state index is 13.4. The molecule has 6 heteroatoms. The van der Waals surface area contributed by atoms with Gasteiger partial charge in [-0.25, -0.2) is 4.90 Å². The number of carbonyl (C=O) groups is 2. The van der Waals surface area contributed by atoms with Gasteiger partial charge in [-0.05, 0) is 54.4 Å². The average molecular weight is 419 g/mol. The highest BCUT2D eigenvalue weighted by molar-refractivity contribution is 6.46. The Morgan fingerprint density at radius 1 is 0.900 bits per heavy atom. The van der Waals surface area contributed by atoms with E-state index in [2.05, 4.69) is 5.32 Å². The number of ether oxygens (including phenoxy) is 1. The van der Waals surface area contributed by atoms with Crippen molar-refractivity contribution in [2.75, 3.05) is 17.3 Å². The van der Waals surface area contributed by atoms with Gasteiger partial charge in [-0.3, -0.25) is 9.59 Å². The summed E-state index contributed by atoms with van der Waals surface area (Å²) in [6.07, 6.45) is 0. The first-order valence-corrected chi connectivity index (χ1v) is 9.72. The molecule has 0 radical (unpaired) electrons. The fraction of sp³-hybridized carbons (Fsp3) is 0.0833. The maximum atomic E-state index is 13.4. The molecule has 1 N–H and O–H groups in total. The van der Waals surface area contributed by atoms with E-state index in [0.717, 1.165) is 16.2 Å². The third-order valence-corrected chi connectivity index (χ3v) is 5.07. The Kier molecular flexibility index (Phi) is 5.29. The maximum Gasteiger partial charge on any atom is 0.282 e. The summed E-state index contributed by atoms with van der Waals surface area (Å²) in [5.74, 6) is -0.285. The Balaban J connectivity index is 1.82. The molecule has 0 bridgehead atoms. The molecule has 3 aromatic carbocycles. The normalized spacial score (nSPS) is 13.8. The van der Waals surface area contributed by atoms with Crippen molar-refractivity contribution in [3.8, 4) is 5.75 Å². The Morgan fingerprint density at radius 2 is 1.63 bits per heavy atom. The molecular weight excluding hydrogens is 400 g/mol. The van der Waals surface area contributed by atoms with Crippen molar-refractivity contribution >= 4 is 40.4 Å². The fourth-order valence-electron chi connectivity index (χ4n) is 3.38. The number of hydrogen-bond acceptors (Lipinski definition) is 4. The van der Waals surface area contributed by atoms with Gasteiger partial charge in [-0.1, -0.05) is 41.9 Å². The number of amides is 2. The van der Waals surface area contributed by atoms with Gasteiger partial charge in [-0.2, -0.15) is 0 Å². The number of anilines is 2. The number of hydrogen-bond donors (Lipinski definition) is 1. The summed E-state index contributed by atoms with van der Waals surface area (Å²) in [5, 5.41) is 3.71. The molecule has 0 spiro atoms. The standard InChI is InChI=1S/C24H19ClN2O3/c1-15-5-3-6-18(13-15)26-22-21(16-9-11-17(25)12-10-16)23(28)27(24(22)29)19-7-4-8-20(14-19)30-2/h3-14,26H,1-2H3. The van der Waals surface area contributed by atoms with Crippen LogP contribution in [0.25, 0.3) is 5.57 Å². The fourth-order valence-corrected chi connectivity index (χ4v) is 3.51. The molecule has 30 heavy (non-hydrogen) atoms. The van der Waals surface area contributed by atoms with Gasteiger partial charge in [0.2, 0.25) is 0 Å². The Labute approximate surface area is 179 Å². The summed E-state index contributed by atoms with van der Waals surface area (Å²) in [6.45, 7) is 1.96. The summed E-state index contributed by atoms with van der Waals surface area (Å²) in [5.41, 5.74) is 3.33. The SMILES string of the molecule is COc1cccc(N2C(=O)C(Nc3cccc(C)c3)=C(c3ccc(Cl)cc3)C2=O)c1. The molecule has 2 amide bonds. The third kappa shape index (κ3) is 3.67. The highest BCUT2D eigenvalue weighted by atomic mass is 35.5. The van der Waals surface area contributed by atoms with Crippen LogP contribution in [0.15, 0.2) is 78.5 Å². The molecule has 0 saturated heterocycles. The van der Waals surface area contributed by atoms with Gasteiger partial charge < -0.3 is 10.1 Å². The predicted octanol–water partition coefficient (Wildman–Crippen LogP) is 5.05. The number of nitrogens with zero attached hydrogens (tertiary/aromatic N) is 1. The molecule has 1 heterocycles. The molecule has 0 saturated carbocycles. The van der Waals surface area contributed by atoms with Crippen LogP contribution in [0.2, 0.25) is 5.02 Å². The molecule has 0 atom stereocenters. The third-order valence-electron chi connectivity index (χ3n) is 4.82. The number of methoxy groups -OCH3 is 1. The van der Waals surface area contributed by atoms with Crippen LogP contribution in [-0.2, 0) is 9.59 Å². The van der Waals surface area contributed by atoms with Gasteiger partial charge in [0.25, 0.3) is 11.8 Å². The second-order valence-electron chi connectivity index (χ2n) is 6.90. The van der Waals surface area contributed by atoms with Crippen molar-refractivity contribution in [2.45, 2.75) is 6.92 Å². The predicted molar refractivity (Wildman–Crippen MR) is 119 cm³/mol. The molecule has 0 fully saturated rings. The van der Waals surface area contributed by atoms with Crippen LogP contribution in [-0.4, -0.2) is 18.9 Å². The number of benzene rings is 3. The van der Waals surface area contributed by atoms with Gasteiger partial charge in [0.1, 0.15) is 11.4 Å². The summed E-state index contributed by atoms with van der Waals surface area (Å²) < 4.78 is 5.25. The minimum absolute atomic E-state index is 0.218. The molecule has 5 nitrogen and oxygen atoms in total. The second kappa shape index (κ2) is 8.05. The Hall–Kier alpha value is -3.57. The number of halogens is 1. The van der Waals surface area contributed by atoms with Crippen molar-refractivity contribution in [1.82, 2.24) is 0 Å². The van der Waals surface area contributed by atoms with E-state index < -0.39 is 11.8 Å². The smallest absolute Gasteiger partial charge is 0.282 e. The van der Waals surface area contributed by atoms with E-state index >= 15 is 0 Å². The Bertz CT molecular complexity index is 1170. The molecule has 1 aliphatic heterocycles. The van der Waals surface area contributed by atoms with Crippen LogP contribution in [0.3, 0.4) is 0 Å². The molecule has 0 unspecified atom stereocenters. The number of carbonyl (C=O) groups excluding carboxylic acids is 2. The minimum Gasteiger partial charge on any atom is -0.497 e. The van der Waals surface area contributed by atoms with E-state index in [0.29, 0.717) is 27.6 Å². The lowest BCUT2D eigenvalue weighted by Gasteiger charge is -2.16. The zero-order valence-electron chi connectivity index (χ0n) is 16.5. The zero-order valence-corrected chi connectivity index (χ0v) is 17.2. The molecule has 0 aliphatic carbocycles. The van der Waals surface area contributed by atoms with E-state index in [1.165, 1.54) is 7.11 Å². The van der Waals surface area contributed by atoms with Crippen LogP contribution in [0, 0.1) is 6.92 Å². The first kappa shape index (κ1) is 19.7. The van der Waals surface area contributed by atoms with Crippen molar-refractivity contribution < 1.29 is 14.3 Å². The van der Waals surface area contributed by atoms with E-state index in [9.17, 15) is 9.59 Å². The topological polar surface area (TPSA) is 58.6 Å². The van der Waals surface area contributed by atoms with Crippen LogP contribution in [0.4, 0.5) is 11.4 Å². The molecule has 150 valence electrons. The number of rotatable bonds is 5. The van der Waals surface area contributed by atoms with Gasteiger partial charge in [0.05, 0.1) is 18.4 Å². The molecule has 0 aromatic heterocycles. The summed E-state index contributed by atoms with van der Waals surface area (Å²) in [6, 6.07) is 21.3. The van der Waals surface area contributed by atoms with E-state index in [-0.39, 0.29) is 5.70 Å². The quantitative estimate of drug-likeness (QED) is 0.589. The van der Waals surface area contributed by atoms with Gasteiger partial charge in [0, 0.05) is 16.8 Å². The summed E-state index contributed by atoms with van der Waals surface area (Å²) in [7, 11) is 1.54. The van der Waals surface area contributed by atoms with Crippen molar-refractivity contribution in [1.29, 1.82) is 0 Å². The second-order valence-corrected chi connectivity index (χ2v) is 7.34. The highest BCUT2D eigenvalue weighted by Crippen LogP contribution is 2.35. The van der Waals surface area contributed by atoms with E-state index in [4.69, 9.17) is 16.3 Å². The van der Waals surface area contributed by atoms with E-state index in [1.807, 2.05) is 31.2 Å². The Morgan fingerprint density at radius 3 is 2.33 bits per heavy atom. The lowest BCUT2D eigenvalue weighted by Crippen LogP contribution is -2.32. The average Bonchev–Trinajstić information content (AvgIpc) is 2.98. The van der Waals surface area contributed by atoms with Crippen molar-refractivity contribution in [2.24, 2.45) is 0 Å². The minimum atomic E-state index is -0.431.